The van der Waals surface area contributed by atoms with E-state index in [4.69, 9.17) is 4.74 Å². The smallest absolute Gasteiger partial charge is 0.319 e. The fourth-order valence-corrected chi connectivity index (χ4v) is 2.10. The Labute approximate surface area is 117 Å². The maximum absolute atomic E-state index is 11.7. The topological polar surface area (TPSA) is 93.5 Å². The van der Waals surface area contributed by atoms with Crippen LogP contribution in [0.5, 0.6) is 0 Å². The third kappa shape index (κ3) is 3.65. The molecule has 7 nitrogen and oxygen atoms in total. The zero-order valence-corrected chi connectivity index (χ0v) is 11.5. The van der Waals surface area contributed by atoms with Crippen LogP contribution in [0, 0.1) is 10.1 Å². The molecule has 0 saturated carbocycles. The number of hydrogen-bond donors (Lipinski definition) is 2. The minimum atomic E-state index is -0.543. The van der Waals surface area contributed by atoms with Gasteiger partial charge in [0.05, 0.1) is 17.6 Å². The number of nitro groups is 1. The highest BCUT2D eigenvalue weighted by atomic mass is 79.9. The molecule has 1 fully saturated rings. The second-order valence-corrected chi connectivity index (χ2v) is 4.99. The van der Waals surface area contributed by atoms with Crippen molar-refractivity contribution in [3.8, 4) is 0 Å². The van der Waals surface area contributed by atoms with Crippen LogP contribution in [-0.2, 0) is 4.74 Å². The number of nitrogens with zero attached hydrogens (tertiary/aromatic N) is 1. The number of rotatable bonds is 3. The van der Waals surface area contributed by atoms with Gasteiger partial charge in [0, 0.05) is 17.1 Å². The monoisotopic (exact) mass is 329 g/mol. The van der Waals surface area contributed by atoms with E-state index in [2.05, 4.69) is 26.6 Å². The molecule has 2 N–H and O–H groups in total. The van der Waals surface area contributed by atoms with E-state index in [0.717, 1.165) is 6.42 Å². The molecule has 1 unspecified atom stereocenters. The van der Waals surface area contributed by atoms with Gasteiger partial charge in [0.1, 0.15) is 5.69 Å². The van der Waals surface area contributed by atoms with Crippen molar-refractivity contribution in [2.24, 2.45) is 0 Å². The Hall–Kier alpha value is -1.67. The molecule has 19 heavy (non-hydrogen) atoms. The lowest BCUT2D eigenvalue weighted by molar-refractivity contribution is -0.384. The maximum atomic E-state index is 11.7. The lowest BCUT2D eigenvalue weighted by atomic mass is 10.2. The molecular formula is C11H12BrN3O4. The molecule has 0 spiro atoms. The van der Waals surface area contributed by atoms with E-state index in [1.54, 1.807) is 6.07 Å². The Balaban J connectivity index is 2.05. The third-order valence-electron chi connectivity index (χ3n) is 2.67. The molecule has 0 aliphatic carbocycles. The number of benzene rings is 1. The molecule has 1 aliphatic rings. The molecule has 1 aromatic carbocycles. The second-order valence-electron chi connectivity index (χ2n) is 4.08. The van der Waals surface area contributed by atoms with Crippen molar-refractivity contribution in [3.63, 3.8) is 0 Å². The number of amides is 2. The molecule has 0 aromatic heterocycles. The average Bonchev–Trinajstić information content (AvgIpc) is 2.83. The summed E-state index contributed by atoms with van der Waals surface area (Å²) in [6.07, 6.45) is 0.746. The summed E-state index contributed by atoms with van der Waals surface area (Å²) in [6.45, 7) is 1.08. The molecule has 8 heteroatoms. The van der Waals surface area contributed by atoms with Gasteiger partial charge >= 0.3 is 6.03 Å². The largest absolute Gasteiger partial charge is 0.379 e. The SMILES string of the molecule is O=C(Nc1ccc(Br)cc1[N+](=O)[O-])NC1CCOC1. The lowest BCUT2D eigenvalue weighted by Gasteiger charge is -2.12. The van der Waals surface area contributed by atoms with Gasteiger partial charge in [0.15, 0.2) is 0 Å². The van der Waals surface area contributed by atoms with Gasteiger partial charge < -0.3 is 15.4 Å². The number of nitrogens with one attached hydrogen (secondary N) is 2. The maximum Gasteiger partial charge on any atom is 0.319 e. The zero-order chi connectivity index (χ0) is 13.8. The molecule has 1 heterocycles. The van der Waals surface area contributed by atoms with Crippen molar-refractivity contribution in [3.05, 3.63) is 32.8 Å². The normalized spacial score (nSPS) is 18.1. The minimum absolute atomic E-state index is 0.0468. The number of urea groups is 1. The molecule has 2 rings (SSSR count). The summed E-state index contributed by atoms with van der Waals surface area (Å²) in [5.41, 5.74) is -0.00295. The highest BCUT2D eigenvalue weighted by molar-refractivity contribution is 9.10. The minimum Gasteiger partial charge on any atom is -0.379 e. The fraction of sp³-hybridized carbons (Fsp3) is 0.364. The summed E-state index contributed by atoms with van der Waals surface area (Å²) in [7, 11) is 0. The average molecular weight is 330 g/mol. The Morgan fingerprint density at radius 1 is 1.53 bits per heavy atom. The van der Waals surface area contributed by atoms with E-state index in [-0.39, 0.29) is 17.4 Å². The van der Waals surface area contributed by atoms with Gasteiger partial charge in [-0.3, -0.25) is 10.1 Å². The Bertz CT molecular complexity index is 503. The van der Waals surface area contributed by atoms with Crippen LogP contribution >= 0.6 is 15.9 Å². The van der Waals surface area contributed by atoms with Crippen molar-refractivity contribution in [2.75, 3.05) is 18.5 Å². The Morgan fingerprint density at radius 3 is 2.95 bits per heavy atom. The van der Waals surface area contributed by atoms with Crippen molar-refractivity contribution in [1.29, 1.82) is 0 Å². The predicted molar refractivity (Wildman–Crippen MR) is 72.2 cm³/mol. The summed E-state index contributed by atoms with van der Waals surface area (Å²) in [4.78, 5) is 22.1. The summed E-state index contributed by atoms with van der Waals surface area (Å²) in [6, 6.07) is 3.93. The summed E-state index contributed by atoms with van der Waals surface area (Å²) in [5, 5.41) is 16.1. The third-order valence-corrected chi connectivity index (χ3v) is 3.16. The number of nitro benzene ring substituents is 1. The number of hydrogen-bond acceptors (Lipinski definition) is 4. The van der Waals surface area contributed by atoms with Gasteiger partial charge in [0.2, 0.25) is 0 Å². The molecule has 102 valence electrons. The Morgan fingerprint density at radius 2 is 2.32 bits per heavy atom. The number of halogens is 1. The molecule has 1 atom stereocenters. The van der Waals surface area contributed by atoms with Crippen LogP contribution in [0.4, 0.5) is 16.2 Å². The number of anilines is 1. The number of ether oxygens (including phenoxy) is 1. The first-order valence-electron chi connectivity index (χ1n) is 5.65. The molecule has 1 aliphatic heterocycles. The van der Waals surface area contributed by atoms with Crippen LogP contribution in [0.25, 0.3) is 0 Å². The van der Waals surface area contributed by atoms with Crippen LogP contribution in [0.2, 0.25) is 0 Å². The van der Waals surface area contributed by atoms with E-state index in [1.807, 2.05) is 0 Å². The fourth-order valence-electron chi connectivity index (χ4n) is 1.75. The number of carbonyl (C=O) groups excluding carboxylic acids is 1. The van der Waals surface area contributed by atoms with Crippen molar-refractivity contribution in [2.45, 2.75) is 12.5 Å². The van der Waals surface area contributed by atoms with Gasteiger partial charge in [0.25, 0.3) is 5.69 Å². The summed E-state index contributed by atoms with van der Waals surface area (Å²) in [5.74, 6) is 0. The molecule has 2 amide bonds. The van der Waals surface area contributed by atoms with E-state index in [0.29, 0.717) is 17.7 Å². The van der Waals surface area contributed by atoms with Crippen LogP contribution < -0.4 is 10.6 Å². The van der Waals surface area contributed by atoms with Crippen molar-refractivity contribution >= 4 is 33.3 Å². The molecule has 0 radical (unpaired) electrons. The molecule has 1 saturated heterocycles. The van der Waals surface area contributed by atoms with Gasteiger partial charge in [-0.25, -0.2) is 4.79 Å². The van der Waals surface area contributed by atoms with Crippen LogP contribution in [0.3, 0.4) is 0 Å². The first-order valence-corrected chi connectivity index (χ1v) is 6.45. The lowest BCUT2D eigenvalue weighted by Crippen LogP contribution is -2.38. The van der Waals surface area contributed by atoms with Crippen LogP contribution in [0.15, 0.2) is 22.7 Å². The quantitative estimate of drug-likeness (QED) is 0.657. The molecule has 0 bridgehead atoms. The van der Waals surface area contributed by atoms with Gasteiger partial charge in [-0.1, -0.05) is 15.9 Å². The van der Waals surface area contributed by atoms with Crippen molar-refractivity contribution in [1.82, 2.24) is 5.32 Å². The molecule has 1 aromatic rings. The van der Waals surface area contributed by atoms with Crippen LogP contribution in [-0.4, -0.2) is 30.2 Å². The van der Waals surface area contributed by atoms with E-state index >= 15 is 0 Å². The highest BCUT2D eigenvalue weighted by Gasteiger charge is 2.20. The zero-order valence-electron chi connectivity index (χ0n) is 9.89. The van der Waals surface area contributed by atoms with E-state index in [9.17, 15) is 14.9 Å². The standard InChI is InChI=1S/C11H12BrN3O4/c12-7-1-2-9(10(5-7)15(17)18)14-11(16)13-8-3-4-19-6-8/h1-2,5,8H,3-4,6H2,(H2,13,14,16). The predicted octanol–water partition coefficient (Wildman–Crippen LogP) is 2.27. The summed E-state index contributed by atoms with van der Waals surface area (Å²) < 4.78 is 5.71. The Kier molecular flexibility index (Phi) is 4.33. The highest BCUT2D eigenvalue weighted by Crippen LogP contribution is 2.27. The molecular weight excluding hydrogens is 318 g/mol. The second kappa shape index (κ2) is 5.98. The van der Waals surface area contributed by atoms with Gasteiger partial charge in [-0.15, -0.1) is 0 Å². The van der Waals surface area contributed by atoms with Crippen LogP contribution in [0.1, 0.15) is 6.42 Å². The van der Waals surface area contributed by atoms with Gasteiger partial charge in [-0.05, 0) is 18.6 Å². The first kappa shape index (κ1) is 13.8. The summed E-state index contributed by atoms with van der Waals surface area (Å²) >= 11 is 3.15. The first-order chi connectivity index (χ1) is 9.06. The van der Waals surface area contributed by atoms with Gasteiger partial charge in [-0.2, -0.15) is 0 Å². The van der Waals surface area contributed by atoms with E-state index in [1.165, 1.54) is 12.1 Å². The number of carbonyl (C=O) groups is 1. The van der Waals surface area contributed by atoms with Crippen molar-refractivity contribution < 1.29 is 14.5 Å². The van der Waals surface area contributed by atoms with E-state index < -0.39 is 11.0 Å².